The second kappa shape index (κ2) is 14.0. The second-order valence-electron chi connectivity index (χ2n) is 10.3. The summed E-state index contributed by atoms with van der Waals surface area (Å²) in [6, 6.07) is 7.81. The molecule has 0 amide bonds. The van der Waals surface area contributed by atoms with Crippen LogP contribution >= 0.6 is 0 Å². The summed E-state index contributed by atoms with van der Waals surface area (Å²) in [5, 5.41) is 102. The van der Waals surface area contributed by atoms with Gasteiger partial charge in [0.15, 0.2) is 11.5 Å². The maximum absolute atomic E-state index is 10.6. The molecule has 0 bridgehead atoms. The SMILES string of the molecule is COc1cc(-c2[o+]c3cc(O)cc(OC4OC(CO)C(O)C(O)C4O)c3cc2OC2OC(CO)C(O)C(O)C2O)ccc1O.[Cl-]. The molecule has 10 atom stereocenters. The van der Waals surface area contributed by atoms with Crippen LogP contribution in [0.2, 0.25) is 0 Å². The molecule has 17 heteroatoms. The van der Waals surface area contributed by atoms with Crippen molar-refractivity contribution in [2.75, 3.05) is 20.3 Å². The molecule has 2 aromatic carbocycles. The van der Waals surface area contributed by atoms with Gasteiger partial charge >= 0.3 is 11.3 Å². The Hall–Kier alpha value is -3.26. The minimum absolute atomic E-state index is 0. The van der Waals surface area contributed by atoms with Crippen LogP contribution in [0, 0.1) is 0 Å². The maximum Gasteiger partial charge on any atom is 0.402 e. The topological polar surface area (TPSA) is 260 Å². The summed E-state index contributed by atoms with van der Waals surface area (Å²) < 4.78 is 33.9. The van der Waals surface area contributed by atoms with E-state index in [4.69, 9.17) is 28.1 Å². The van der Waals surface area contributed by atoms with Gasteiger partial charge in [0, 0.05) is 18.2 Å². The number of aliphatic hydroxyl groups is 8. The normalized spacial score (nSPS) is 31.7. The molecule has 0 aliphatic carbocycles. The molecule has 2 fully saturated rings. The number of aliphatic hydroxyl groups excluding tert-OH is 8. The molecule has 1 aromatic heterocycles. The molecular formula is C28H33ClO16. The molecule has 10 N–H and O–H groups in total. The Labute approximate surface area is 260 Å². The molecule has 0 saturated carbocycles. The molecule has 45 heavy (non-hydrogen) atoms. The first-order valence-corrected chi connectivity index (χ1v) is 13.4. The Morgan fingerprint density at radius 1 is 0.689 bits per heavy atom. The Morgan fingerprint density at radius 3 is 1.78 bits per heavy atom. The van der Waals surface area contributed by atoms with Gasteiger partial charge in [0.2, 0.25) is 18.3 Å². The molecule has 16 nitrogen and oxygen atoms in total. The Bertz CT molecular complexity index is 1470. The molecular weight excluding hydrogens is 628 g/mol. The third-order valence-corrected chi connectivity index (χ3v) is 7.43. The van der Waals surface area contributed by atoms with Crippen LogP contribution in [0.15, 0.2) is 40.8 Å². The van der Waals surface area contributed by atoms with Crippen molar-refractivity contribution >= 4 is 11.0 Å². The molecule has 10 unspecified atom stereocenters. The van der Waals surface area contributed by atoms with Crippen LogP contribution in [0.1, 0.15) is 0 Å². The van der Waals surface area contributed by atoms with E-state index in [-0.39, 0.29) is 63.4 Å². The maximum atomic E-state index is 10.6. The minimum atomic E-state index is -1.80. The zero-order valence-electron chi connectivity index (χ0n) is 23.5. The van der Waals surface area contributed by atoms with Gasteiger partial charge in [0.1, 0.15) is 65.7 Å². The van der Waals surface area contributed by atoms with E-state index in [1.54, 1.807) is 0 Å². The summed E-state index contributed by atoms with van der Waals surface area (Å²) in [6.07, 6.45) is -16.3. The van der Waals surface area contributed by atoms with Crippen LogP contribution in [0.3, 0.4) is 0 Å². The molecule has 2 aliphatic rings. The monoisotopic (exact) mass is 660 g/mol. The van der Waals surface area contributed by atoms with Crippen LogP contribution in [0.4, 0.5) is 0 Å². The van der Waals surface area contributed by atoms with Crippen molar-refractivity contribution in [1.82, 2.24) is 0 Å². The van der Waals surface area contributed by atoms with Crippen molar-refractivity contribution < 1.29 is 91.6 Å². The van der Waals surface area contributed by atoms with E-state index < -0.39 is 74.6 Å². The van der Waals surface area contributed by atoms with Crippen LogP contribution in [0.25, 0.3) is 22.3 Å². The highest BCUT2D eigenvalue weighted by Crippen LogP contribution is 2.43. The average molecular weight is 661 g/mol. The highest BCUT2D eigenvalue weighted by Gasteiger charge is 2.47. The van der Waals surface area contributed by atoms with Crippen molar-refractivity contribution in [1.29, 1.82) is 0 Å². The van der Waals surface area contributed by atoms with Crippen LogP contribution in [0.5, 0.6) is 28.7 Å². The second-order valence-corrected chi connectivity index (χ2v) is 10.3. The van der Waals surface area contributed by atoms with E-state index in [1.165, 1.54) is 37.4 Å². The van der Waals surface area contributed by atoms with Crippen molar-refractivity contribution in [2.45, 2.75) is 61.4 Å². The Kier molecular flexibility index (Phi) is 10.8. The first-order valence-electron chi connectivity index (χ1n) is 13.4. The highest BCUT2D eigenvalue weighted by molar-refractivity contribution is 5.89. The van der Waals surface area contributed by atoms with Gasteiger partial charge < -0.3 is 87.2 Å². The van der Waals surface area contributed by atoms with Crippen LogP contribution < -0.4 is 26.6 Å². The van der Waals surface area contributed by atoms with Gasteiger partial charge in [0.05, 0.1) is 32.0 Å². The Balaban J connectivity index is 0.00000461. The molecule has 0 spiro atoms. The number of methoxy groups -OCH3 is 1. The van der Waals surface area contributed by atoms with Gasteiger partial charge in [0.25, 0.3) is 0 Å². The summed E-state index contributed by atoms with van der Waals surface area (Å²) >= 11 is 0. The number of phenolic OH excluding ortho intramolecular Hbond substituents is 2. The standard InChI is InChI=1S/C28H32O16.ClH/c1-39-16-4-10(2-3-13(16)32)26-17(42-28-25(38)23(36)21(34)19(9-30)44-28)7-12-14(40-26)5-11(31)6-15(12)41-27-24(37)22(35)20(33)18(8-29)43-27;/h2-7,18-25,27-30,33-38H,8-9H2,1H3,(H-,31,32);1H. The number of fused-ring (bicyclic) bond motifs is 1. The van der Waals surface area contributed by atoms with Crippen molar-refractivity contribution in [2.24, 2.45) is 0 Å². The summed E-state index contributed by atoms with van der Waals surface area (Å²) in [5.41, 5.74) is 0.244. The van der Waals surface area contributed by atoms with E-state index in [0.717, 1.165) is 6.07 Å². The largest absolute Gasteiger partial charge is 1.00 e. The molecule has 3 aromatic rings. The number of hydrogen-bond acceptors (Lipinski definition) is 15. The molecule has 2 aliphatic heterocycles. The first kappa shape index (κ1) is 34.6. The summed E-state index contributed by atoms with van der Waals surface area (Å²) in [4.78, 5) is 0. The smallest absolute Gasteiger partial charge is 0.402 e. The van der Waals surface area contributed by atoms with Crippen molar-refractivity contribution in [3.63, 3.8) is 0 Å². The van der Waals surface area contributed by atoms with Gasteiger partial charge in [-0.1, -0.05) is 0 Å². The first-order chi connectivity index (χ1) is 21.0. The number of hydrogen-bond donors (Lipinski definition) is 10. The van der Waals surface area contributed by atoms with E-state index in [9.17, 15) is 51.1 Å². The molecule has 0 radical (unpaired) electrons. The number of aromatic hydroxyl groups is 2. The van der Waals surface area contributed by atoms with E-state index >= 15 is 0 Å². The number of halogens is 1. The number of ether oxygens (including phenoxy) is 5. The minimum Gasteiger partial charge on any atom is -1.00 e. The quantitative estimate of drug-likeness (QED) is 0.102. The molecule has 5 rings (SSSR count). The fourth-order valence-corrected chi connectivity index (χ4v) is 4.96. The molecule has 2 saturated heterocycles. The lowest BCUT2D eigenvalue weighted by Crippen LogP contribution is -3.00. The number of phenols is 2. The molecule has 248 valence electrons. The fourth-order valence-electron chi connectivity index (χ4n) is 4.96. The number of benzene rings is 2. The fraction of sp³-hybridized carbons (Fsp3) is 0.464. The van der Waals surface area contributed by atoms with Gasteiger partial charge in [-0.15, -0.1) is 0 Å². The van der Waals surface area contributed by atoms with Crippen LogP contribution in [-0.2, 0) is 9.47 Å². The zero-order valence-corrected chi connectivity index (χ0v) is 24.2. The van der Waals surface area contributed by atoms with Gasteiger partial charge in [-0.3, -0.25) is 0 Å². The van der Waals surface area contributed by atoms with E-state index in [0.29, 0.717) is 0 Å². The lowest BCUT2D eigenvalue weighted by molar-refractivity contribution is -0.277. The number of rotatable bonds is 8. The lowest BCUT2D eigenvalue weighted by Gasteiger charge is -2.39. The third-order valence-electron chi connectivity index (χ3n) is 7.43. The summed E-state index contributed by atoms with van der Waals surface area (Å²) in [7, 11) is 1.32. The van der Waals surface area contributed by atoms with Gasteiger partial charge in [-0.2, -0.15) is 0 Å². The van der Waals surface area contributed by atoms with Crippen molar-refractivity contribution in [3.8, 4) is 40.1 Å². The highest BCUT2D eigenvalue weighted by atomic mass is 35.5. The zero-order chi connectivity index (χ0) is 31.9. The van der Waals surface area contributed by atoms with Crippen molar-refractivity contribution in [3.05, 3.63) is 36.4 Å². The van der Waals surface area contributed by atoms with E-state index in [2.05, 4.69) is 0 Å². The predicted molar refractivity (Wildman–Crippen MR) is 145 cm³/mol. The van der Waals surface area contributed by atoms with E-state index in [1.807, 2.05) is 0 Å². The third kappa shape index (κ3) is 6.67. The molecule has 3 heterocycles. The summed E-state index contributed by atoms with van der Waals surface area (Å²) in [6.45, 7) is -1.43. The lowest BCUT2D eigenvalue weighted by atomic mass is 9.99. The van der Waals surface area contributed by atoms with Crippen LogP contribution in [-0.4, -0.2) is 133 Å². The van der Waals surface area contributed by atoms with Gasteiger partial charge in [-0.05, 0) is 12.1 Å². The predicted octanol–water partition coefficient (Wildman–Crippen LogP) is -4.84. The van der Waals surface area contributed by atoms with Gasteiger partial charge in [-0.25, -0.2) is 4.42 Å². The summed E-state index contributed by atoms with van der Waals surface area (Å²) in [5.74, 6) is -0.907. The average Bonchev–Trinajstić information content (AvgIpc) is 3.01. The Morgan fingerprint density at radius 2 is 1.24 bits per heavy atom.